The summed E-state index contributed by atoms with van der Waals surface area (Å²) in [5, 5.41) is 8.77. The molecule has 0 unspecified atom stereocenters. The van der Waals surface area contributed by atoms with Gasteiger partial charge in [-0.25, -0.2) is 8.42 Å². The van der Waals surface area contributed by atoms with Crippen LogP contribution in [0.5, 0.6) is 5.75 Å². The average Bonchev–Trinajstić information content (AvgIpc) is 2.41. The Hall–Kier alpha value is -1.58. The van der Waals surface area contributed by atoms with Crippen molar-refractivity contribution >= 4 is 9.84 Å². The third-order valence-corrected chi connectivity index (χ3v) is 3.68. The summed E-state index contributed by atoms with van der Waals surface area (Å²) in [6.45, 7) is 1.84. The minimum Gasteiger partial charge on any atom is -0.494 e. The zero-order valence-corrected chi connectivity index (χ0v) is 12.7. The summed E-state index contributed by atoms with van der Waals surface area (Å²) in [5.41, 5.74) is 0.577. The lowest BCUT2D eigenvalue weighted by molar-refractivity contribution is 0.268. The van der Waals surface area contributed by atoms with Crippen LogP contribution in [-0.2, 0) is 9.84 Å². The number of hydrogen-bond donors (Lipinski definition) is 0. The molecule has 0 aliphatic carbocycles. The van der Waals surface area contributed by atoms with Crippen LogP contribution >= 0.6 is 0 Å². The van der Waals surface area contributed by atoms with Crippen LogP contribution < -0.4 is 4.74 Å². The highest BCUT2D eigenvalue weighted by Crippen LogP contribution is 2.12. The smallest absolute Gasteiger partial charge is 0.148 e. The van der Waals surface area contributed by atoms with E-state index in [1.807, 2.05) is 18.0 Å². The molecule has 0 N–H and O–H groups in total. The first kappa shape index (κ1) is 16.5. The second-order valence-corrected chi connectivity index (χ2v) is 7.03. The van der Waals surface area contributed by atoms with Gasteiger partial charge in [0.05, 0.1) is 24.0 Å². The molecule has 0 saturated carbocycles. The van der Waals surface area contributed by atoms with Crippen LogP contribution in [0.1, 0.15) is 12.0 Å². The summed E-state index contributed by atoms with van der Waals surface area (Å²) in [6, 6.07) is 9.09. The molecule has 0 saturated heterocycles. The number of nitrogens with zero attached hydrogens (tertiary/aromatic N) is 2. The van der Waals surface area contributed by atoms with Crippen molar-refractivity contribution in [2.75, 3.05) is 38.8 Å². The molecule has 0 spiro atoms. The van der Waals surface area contributed by atoms with Crippen molar-refractivity contribution in [1.29, 1.82) is 5.26 Å². The topological polar surface area (TPSA) is 70.4 Å². The Kier molecular flexibility index (Phi) is 6.49. The van der Waals surface area contributed by atoms with Gasteiger partial charge in [0.15, 0.2) is 0 Å². The number of nitriles is 1. The standard InChI is InChI=1S/C14H20N2O3S/c1-16(8-10-20(2,17)18)7-4-9-19-14-6-3-5-13(11-14)12-15/h3,5-6,11H,4,7-10H2,1-2H3. The summed E-state index contributed by atoms with van der Waals surface area (Å²) in [5.74, 6) is 0.858. The van der Waals surface area contributed by atoms with E-state index in [9.17, 15) is 8.42 Å². The van der Waals surface area contributed by atoms with Gasteiger partial charge in [0.1, 0.15) is 15.6 Å². The van der Waals surface area contributed by atoms with Crippen molar-refractivity contribution in [2.45, 2.75) is 6.42 Å². The molecule has 5 nitrogen and oxygen atoms in total. The lowest BCUT2D eigenvalue weighted by atomic mass is 10.2. The van der Waals surface area contributed by atoms with Gasteiger partial charge in [0, 0.05) is 19.3 Å². The molecule has 0 heterocycles. The van der Waals surface area contributed by atoms with Crippen LogP contribution in [0, 0.1) is 11.3 Å². The molecule has 0 bridgehead atoms. The van der Waals surface area contributed by atoms with E-state index >= 15 is 0 Å². The summed E-state index contributed by atoms with van der Waals surface area (Å²) in [7, 11) is -1.01. The van der Waals surface area contributed by atoms with Crippen molar-refractivity contribution < 1.29 is 13.2 Å². The molecule has 0 aromatic heterocycles. The van der Waals surface area contributed by atoms with Crippen LogP contribution in [-0.4, -0.2) is 52.1 Å². The summed E-state index contributed by atoms with van der Waals surface area (Å²) in [4.78, 5) is 1.97. The zero-order chi connectivity index (χ0) is 15.0. The first-order valence-corrected chi connectivity index (χ1v) is 8.46. The molecule has 20 heavy (non-hydrogen) atoms. The maximum atomic E-state index is 11.0. The molecule has 0 fully saturated rings. The SMILES string of the molecule is CN(CCCOc1cccc(C#N)c1)CCS(C)(=O)=O. The maximum Gasteiger partial charge on any atom is 0.148 e. The van der Waals surface area contributed by atoms with E-state index in [1.165, 1.54) is 6.26 Å². The molecule has 0 atom stereocenters. The summed E-state index contributed by atoms with van der Waals surface area (Å²) >= 11 is 0. The van der Waals surface area contributed by atoms with Crippen molar-refractivity contribution in [3.63, 3.8) is 0 Å². The van der Waals surface area contributed by atoms with Crippen LogP contribution in [0.4, 0.5) is 0 Å². The Morgan fingerprint density at radius 1 is 1.35 bits per heavy atom. The van der Waals surface area contributed by atoms with Crippen LogP contribution in [0.2, 0.25) is 0 Å². The van der Waals surface area contributed by atoms with Gasteiger partial charge in [-0.3, -0.25) is 0 Å². The molecular weight excluding hydrogens is 276 g/mol. The predicted octanol–water partition coefficient (Wildman–Crippen LogP) is 1.30. The zero-order valence-electron chi connectivity index (χ0n) is 11.9. The molecular formula is C14H20N2O3S. The Bertz CT molecular complexity index is 564. The minimum atomic E-state index is -2.90. The fourth-order valence-corrected chi connectivity index (χ4v) is 2.26. The van der Waals surface area contributed by atoms with E-state index in [0.717, 1.165) is 13.0 Å². The van der Waals surface area contributed by atoms with Crippen molar-refractivity contribution in [3.8, 4) is 11.8 Å². The van der Waals surface area contributed by atoms with Gasteiger partial charge in [-0.05, 0) is 31.7 Å². The number of ether oxygens (including phenoxy) is 1. The molecule has 1 aromatic carbocycles. The average molecular weight is 296 g/mol. The molecule has 6 heteroatoms. The number of rotatable bonds is 8. The van der Waals surface area contributed by atoms with Crippen LogP contribution in [0.3, 0.4) is 0 Å². The van der Waals surface area contributed by atoms with Gasteiger partial charge < -0.3 is 9.64 Å². The summed E-state index contributed by atoms with van der Waals surface area (Å²) < 4.78 is 27.6. The van der Waals surface area contributed by atoms with Gasteiger partial charge in [-0.2, -0.15) is 5.26 Å². The highest BCUT2D eigenvalue weighted by molar-refractivity contribution is 7.90. The second kappa shape index (κ2) is 7.88. The van der Waals surface area contributed by atoms with E-state index < -0.39 is 9.84 Å². The van der Waals surface area contributed by atoms with E-state index in [-0.39, 0.29) is 5.75 Å². The Morgan fingerprint density at radius 2 is 2.10 bits per heavy atom. The van der Waals surface area contributed by atoms with E-state index in [1.54, 1.807) is 18.2 Å². The fraction of sp³-hybridized carbons (Fsp3) is 0.500. The molecule has 1 rings (SSSR count). The molecule has 0 aliphatic heterocycles. The van der Waals surface area contributed by atoms with Crippen LogP contribution in [0.15, 0.2) is 24.3 Å². The van der Waals surface area contributed by atoms with E-state index in [0.29, 0.717) is 24.5 Å². The normalized spacial score (nSPS) is 11.3. The van der Waals surface area contributed by atoms with Gasteiger partial charge in [-0.1, -0.05) is 6.07 Å². The molecule has 1 aromatic rings. The quantitative estimate of drug-likeness (QED) is 0.676. The summed E-state index contributed by atoms with van der Waals surface area (Å²) in [6.07, 6.45) is 2.04. The number of sulfone groups is 1. The second-order valence-electron chi connectivity index (χ2n) is 4.77. The molecule has 0 aliphatic rings. The largest absolute Gasteiger partial charge is 0.494 e. The third kappa shape index (κ3) is 7.12. The highest BCUT2D eigenvalue weighted by atomic mass is 32.2. The Morgan fingerprint density at radius 3 is 2.75 bits per heavy atom. The number of benzene rings is 1. The first-order chi connectivity index (χ1) is 9.40. The van der Waals surface area contributed by atoms with Gasteiger partial charge in [-0.15, -0.1) is 0 Å². The van der Waals surface area contributed by atoms with E-state index in [2.05, 4.69) is 6.07 Å². The monoisotopic (exact) mass is 296 g/mol. The maximum absolute atomic E-state index is 11.0. The lowest BCUT2D eigenvalue weighted by Gasteiger charge is -2.16. The van der Waals surface area contributed by atoms with Crippen LogP contribution in [0.25, 0.3) is 0 Å². The van der Waals surface area contributed by atoms with Gasteiger partial charge in [0.2, 0.25) is 0 Å². The highest BCUT2D eigenvalue weighted by Gasteiger charge is 2.05. The Labute approximate surface area is 120 Å². The van der Waals surface area contributed by atoms with Gasteiger partial charge in [0.25, 0.3) is 0 Å². The lowest BCUT2D eigenvalue weighted by Crippen LogP contribution is -2.27. The predicted molar refractivity (Wildman–Crippen MR) is 78.5 cm³/mol. The molecule has 0 amide bonds. The fourth-order valence-electron chi connectivity index (χ4n) is 1.61. The number of hydrogen-bond acceptors (Lipinski definition) is 5. The van der Waals surface area contributed by atoms with Crippen molar-refractivity contribution in [3.05, 3.63) is 29.8 Å². The first-order valence-electron chi connectivity index (χ1n) is 6.40. The third-order valence-electron chi connectivity index (χ3n) is 2.76. The minimum absolute atomic E-state index is 0.175. The molecule has 110 valence electrons. The van der Waals surface area contributed by atoms with Gasteiger partial charge >= 0.3 is 0 Å². The van der Waals surface area contributed by atoms with E-state index in [4.69, 9.17) is 10.00 Å². The Balaban J connectivity index is 2.23. The molecule has 0 radical (unpaired) electrons. The van der Waals surface area contributed by atoms with Crippen molar-refractivity contribution in [1.82, 2.24) is 4.90 Å². The van der Waals surface area contributed by atoms with Crippen molar-refractivity contribution in [2.24, 2.45) is 0 Å².